The van der Waals surface area contributed by atoms with E-state index in [-0.39, 0.29) is 17.2 Å². The molecule has 88 valence electrons. The fourth-order valence-electron chi connectivity index (χ4n) is 1.46. The van der Waals surface area contributed by atoms with Gasteiger partial charge < -0.3 is 14.6 Å². The van der Waals surface area contributed by atoms with E-state index in [0.717, 1.165) is 0 Å². The Morgan fingerprint density at radius 2 is 2.06 bits per heavy atom. The van der Waals surface area contributed by atoms with E-state index in [1.165, 1.54) is 12.1 Å². The molecule has 0 bridgehead atoms. The van der Waals surface area contributed by atoms with Crippen LogP contribution in [0.15, 0.2) is 34.7 Å². The van der Waals surface area contributed by atoms with E-state index in [4.69, 9.17) is 26.2 Å². The van der Waals surface area contributed by atoms with Crippen molar-refractivity contribution in [3.8, 4) is 11.3 Å². The maximum absolute atomic E-state index is 10.9. The molecule has 0 saturated heterocycles. The van der Waals surface area contributed by atoms with Gasteiger partial charge in [-0.1, -0.05) is 11.6 Å². The third-order valence-corrected chi connectivity index (χ3v) is 2.63. The summed E-state index contributed by atoms with van der Waals surface area (Å²) in [7, 11) is 0. The number of carbonyl (C=O) groups is 1. The molecule has 2 rings (SSSR count). The maximum Gasteiger partial charge on any atom is 0.337 e. The van der Waals surface area contributed by atoms with Gasteiger partial charge in [0.1, 0.15) is 18.1 Å². The van der Waals surface area contributed by atoms with Gasteiger partial charge in [-0.15, -0.1) is 0 Å². The second-order valence-electron chi connectivity index (χ2n) is 3.42. The predicted octanol–water partition coefficient (Wildman–Crippen LogP) is 2.79. The summed E-state index contributed by atoms with van der Waals surface area (Å²) < 4.78 is 5.31. The average Bonchev–Trinajstić information content (AvgIpc) is 2.78. The minimum atomic E-state index is -1.09. The largest absolute Gasteiger partial charge is 0.478 e. The summed E-state index contributed by atoms with van der Waals surface area (Å²) in [6.45, 7) is -0.195. The minimum absolute atomic E-state index is 0.0196. The predicted molar refractivity (Wildman–Crippen MR) is 62.0 cm³/mol. The van der Waals surface area contributed by atoms with Gasteiger partial charge in [0.15, 0.2) is 0 Å². The Kier molecular flexibility index (Phi) is 3.17. The van der Waals surface area contributed by atoms with Crippen LogP contribution in [0.1, 0.15) is 16.1 Å². The van der Waals surface area contributed by atoms with Crippen LogP contribution >= 0.6 is 11.6 Å². The number of hydrogen-bond acceptors (Lipinski definition) is 3. The van der Waals surface area contributed by atoms with Crippen molar-refractivity contribution in [1.29, 1.82) is 0 Å². The van der Waals surface area contributed by atoms with E-state index >= 15 is 0 Å². The Hall–Kier alpha value is -1.78. The molecular weight excluding hydrogens is 244 g/mol. The molecule has 0 spiro atoms. The van der Waals surface area contributed by atoms with Crippen LogP contribution in [0.25, 0.3) is 11.3 Å². The summed E-state index contributed by atoms with van der Waals surface area (Å²) >= 11 is 5.76. The van der Waals surface area contributed by atoms with Crippen molar-refractivity contribution in [2.24, 2.45) is 0 Å². The molecule has 0 radical (unpaired) electrons. The third kappa shape index (κ3) is 2.33. The number of aliphatic hydroxyl groups excluding tert-OH is 1. The normalized spacial score (nSPS) is 10.5. The van der Waals surface area contributed by atoms with Gasteiger partial charge in [-0.2, -0.15) is 0 Å². The van der Waals surface area contributed by atoms with Crippen molar-refractivity contribution < 1.29 is 19.4 Å². The Bertz CT molecular complexity index is 559. The first-order valence-electron chi connectivity index (χ1n) is 4.84. The highest BCUT2D eigenvalue weighted by Gasteiger charge is 2.12. The van der Waals surface area contributed by atoms with Crippen molar-refractivity contribution in [3.63, 3.8) is 0 Å². The zero-order valence-corrected chi connectivity index (χ0v) is 9.44. The van der Waals surface area contributed by atoms with Gasteiger partial charge in [0.05, 0.1) is 10.6 Å². The van der Waals surface area contributed by atoms with E-state index < -0.39 is 5.97 Å². The summed E-state index contributed by atoms with van der Waals surface area (Å²) in [5.74, 6) is -0.175. The van der Waals surface area contributed by atoms with Crippen LogP contribution in [0.2, 0.25) is 5.02 Å². The van der Waals surface area contributed by atoms with Crippen LogP contribution in [0.5, 0.6) is 0 Å². The van der Waals surface area contributed by atoms with E-state index in [2.05, 4.69) is 0 Å². The van der Waals surface area contributed by atoms with E-state index in [0.29, 0.717) is 17.1 Å². The Labute approximate surface area is 102 Å². The van der Waals surface area contributed by atoms with Crippen LogP contribution < -0.4 is 0 Å². The topological polar surface area (TPSA) is 70.7 Å². The average molecular weight is 253 g/mol. The van der Waals surface area contributed by atoms with E-state index in [1.54, 1.807) is 18.2 Å². The molecule has 2 aromatic rings. The lowest BCUT2D eigenvalue weighted by Crippen LogP contribution is -1.97. The van der Waals surface area contributed by atoms with Crippen LogP contribution in [0.3, 0.4) is 0 Å². The SMILES string of the molecule is O=C(O)c1cc(-c2ccc(CO)o2)ccc1Cl. The van der Waals surface area contributed by atoms with Crippen molar-refractivity contribution in [2.45, 2.75) is 6.61 Å². The summed E-state index contributed by atoms with van der Waals surface area (Å²) in [5.41, 5.74) is 0.623. The highest BCUT2D eigenvalue weighted by atomic mass is 35.5. The highest BCUT2D eigenvalue weighted by molar-refractivity contribution is 6.33. The lowest BCUT2D eigenvalue weighted by Gasteiger charge is -2.02. The molecule has 0 saturated carbocycles. The van der Waals surface area contributed by atoms with Gasteiger partial charge in [0, 0.05) is 5.56 Å². The summed E-state index contributed by atoms with van der Waals surface area (Å²) in [6.07, 6.45) is 0. The number of furan rings is 1. The zero-order chi connectivity index (χ0) is 12.4. The van der Waals surface area contributed by atoms with Crippen molar-refractivity contribution in [1.82, 2.24) is 0 Å². The second kappa shape index (κ2) is 4.61. The Morgan fingerprint density at radius 1 is 1.29 bits per heavy atom. The summed E-state index contributed by atoms with van der Waals surface area (Å²) in [4.78, 5) is 10.9. The van der Waals surface area contributed by atoms with Gasteiger partial charge in [-0.3, -0.25) is 0 Å². The molecule has 0 amide bonds. The van der Waals surface area contributed by atoms with Gasteiger partial charge in [0.2, 0.25) is 0 Å². The molecule has 1 aromatic carbocycles. The smallest absolute Gasteiger partial charge is 0.337 e. The molecule has 0 aliphatic rings. The van der Waals surface area contributed by atoms with Crippen LogP contribution in [0.4, 0.5) is 0 Å². The minimum Gasteiger partial charge on any atom is -0.478 e. The highest BCUT2D eigenvalue weighted by Crippen LogP contribution is 2.26. The first-order chi connectivity index (χ1) is 8.11. The molecule has 0 aliphatic carbocycles. The first-order valence-corrected chi connectivity index (χ1v) is 5.22. The second-order valence-corrected chi connectivity index (χ2v) is 3.83. The van der Waals surface area contributed by atoms with Crippen molar-refractivity contribution >= 4 is 17.6 Å². The maximum atomic E-state index is 10.9. The first kappa shape index (κ1) is 11.7. The quantitative estimate of drug-likeness (QED) is 0.881. The molecule has 0 atom stereocenters. The van der Waals surface area contributed by atoms with Crippen molar-refractivity contribution in [3.05, 3.63) is 46.7 Å². The van der Waals surface area contributed by atoms with E-state index in [1.807, 2.05) is 0 Å². The molecule has 17 heavy (non-hydrogen) atoms. The number of benzene rings is 1. The molecule has 0 aliphatic heterocycles. The molecule has 0 unspecified atom stereocenters. The molecule has 1 heterocycles. The van der Waals surface area contributed by atoms with Crippen LogP contribution in [-0.2, 0) is 6.61 Å². The molecule has 4 nitrogen and oxygen atoms in total. The van der Waals surface area contributed by atoms with Crippen molar-refractivity contribution in [2.75, 3.05) is 0 Å². The number of carboxylic acid groups (broad SMARTS) is 1. The number of aromatic carboxylic acids is 1. The standard InChI is InChI=1S/C12H9ClO4/c13-10-3-1-7(5-9(10)12(15)16)11-4-2-8(6-14)17-11/h1-5,14H,6H2,(H,15,16). The van der Waals surface area contributed by atoms with Gasteiger partial charge >= 0.3 is 5.97 Å². The lowest BCUT2D eigenvalue weighted by atomic mass is 10.1. The Morgan fingerprint density at radius 3 is 2.65 bits per heavy atom. The number of hydrogen-bond donors (Lipinski definition) is 2. The summed E-state index contributed by atoms with van der Waals surface area (Å²) in [6, 6.07) is 7.89. The number of aliphatic hydroxyl groups is 1. The fourth-order valence-corrected chi connectivity index (χ4v) is 1.66. The molecule has 1 aromatic heterocycles. The third-order valence-electron chi connectivity index (χ3n) is 2.30. The molecular formula is C12H9ClO4. The molecule has 2 N–H and O–H groups in total. The number of carboxylic acids is 1. The lowest BCUT2D eigenvalue weighted by molar-refractivity contribution is 0.0697. The van der Waals surface area contributed by atoms with Gasteiger partial charge in [-0.05, 0) is 30.3 Å². The van der Waals surface area contributed by atoms with Gasteiger partial charge in [0.25, 0.3) is 0 Å². The fraction of sp³-hybridized carbons (Fsp3) is 0.0833. The monoisotopic (exact) mass is 252 g/mol. The molecule has 5 heteroatoms. The molecule has 0 fully saturated rings. The number of halogens is 1. The van der Waals surface area contributed by atoms with Crippen LogP contribution in [0, 0.1) is 0 Å². The summed E-state index contributed by atoms with van der Waals surface area (Å²) in [5, 5.41) is 18.0. The van der Waals surface area contributed by atoms with E-state index in [9.17, 15) is 4.79 Å². The van der Waals surface area contributed by atoms with Crippen LogP contribution in [-0.4, -0.2) is 16.2 Å². The zero-order valence-electron chi connectivity index (χ0n) is 8.68. The Balaban J connectivity index is 2.46. The number of rotatable bonds is 3. The van der Waals surface area contributed by atoms with Gasteiger partial charge in [-0.25, -0.2) is 4.79 Å².